The first-order valence-corrected chi connectivity index (χ1v) is 13.7. The molecule has 5 aromatic carbocycles. The topological polar surface area (TPSA) is 41.9 Å². The van der Waals surface area contributed by atoms with Crippen LogP contribution in [0.4, 0.5) is 17.1 Å². The average Bonchev–Trinajstić information content (AvgIpc) is 3.04. The zero-order chi connectivity index (χ0) is 27.2. The summed E-state index contributed by atoms with van der Waals surface area (Å²) >= 11 is 0. The lowest BCUT2D eigenvalue weighted by Gasteiger charge is -2.28. The third-order valence-corrected chi connectivity index (χ3v) is 7.66. The molecule has 3 heterocycles. The van der Waals surface area contributed by atoms with Gasteiger partial charge in [-0.25, -0.2) is 4.98 Å². The predicted molar refractivity (Wildman–Crippen MR) is 170 cm³/mol. The van der Waals surface area contributed by atoms with Crippen molar-refractivity contribution in [1.29, 1.82) is 0 Å². The molecule has 8 aromatic rings. The first kappa shape index (κ1) is 23.3. The van der Waals surface area contributed by atoms with Crippen molar-refractivity contribution in [2.45, 2.75) is 0 Å². The van der Waals surface area contributed by atoms with E-state index in [1.54, 1.807) is 0 Å². The fraction of sp³-hybridized carbons (Fsp3) is 0. The zero-order valence-electron chi connectivity index (χ0n) is 22.1. The maximum absolute atomic E-state index is 5.01. The molecule has 41 heavy (non-hydrogen) atoms. The number of para-hydroxylation sites is 2. The summed E-state index contributed by atoms with van der Waals surface area (Å²) in [5.74, 6) is 0. The minimum atomic E-state index is 0.924. The van der Waals surface area contributed by atoms with E-state index in [2.05, 4.69) is 108 Å². The number of benzene rings is 5. The van der Waals surface area contributed by atoms with Gasteiger partial charge in [0.25, 0.3) is 0 Å². The van der Waals surface area contributed by atoms with Crippen molar-refractivity contribution < 1.29 is 0 Å². The number of anilines is 3. The second-order valence-electron chi connectivity index (χ2n) is 10.1. The summed E-state index contributed by atoms with van der Waals surface area (Å²) < 4.78 is 0. The molecule has 0 aliphatic carbocycles. The van der Waals surface area contributed by atoms with E-state index >= 15 is 0 Å². The van der Waals surface area contributed by atoms with Crippen LogP contribution in [0.15, 0.2) is 146 Å². The molecule has 0 bridgehead atoms. The zero-order valence-corrected chi connectivity index (χ0v) is 22.1. The van der Waals surface area contributed by atoms with Gasteiger partial charge >= 0.3 is 0 Å². The number of pyridine rings is 3. The molecular formula is C37H24N4. The standard InChI is InChI=1S/C37H24N4/c1-3-11-25(12-4-1)34-30-16-9-22-39-36(30)37(31-17-10-21-38-35(31)34)41(28-14-5-2-6-15-28)29-19-20-33-27(24-29)23-26-13-7-8-18-32(26)40-33/h1-24H. The number of aromatic nitrogens is 3. The molecule has 0 atom stereocenters. The third-order valence-electron chi connectivity index (χ3n) is 7.66. The van der Waals surface area contributed by atoms with Crippen molar-refractivity contribution in [3.63, 3.8) is 0 Å². The molecule has 0 aliphatic rings. The lowest BCUT2D eigenvalue weighted by Crippen LogP contribution is -2.12. The van der Waals surface area contributed by atoms with E-state index in [1.807, 2.05) is 42.7 Å². The lowest BCUT2D eigenvalue weighted by molar-refractivity contribution is 1.29. The molecule has 4 nitrogen and oxygen atoms in total. The molecule has 0 fully saturated rings. The van der Waals surface area contributed by atoms with Crippen LogP contribution in [0, 0.1) is 0 Å². The molecule has 3 aromatic heterocycles. The molecule has 0 N–H and O–H groups in total. The molecule has 0 saturated carbocycles. The monoisotopic (exact) mass is 524 g/mol. The van der Waals surface area contributed by atoms with Crippen LogP contribution < -0.4 is 4.90 Å². The molecule has 192 valence electrons. The smallest absolute Gasteiger partial charge is 0.0956 e. The molecule has 4 heteroatoms. The number of rotatable bonds is 4. The van der Waals surface area contributed by atoms with Crippen LogP contribution in [-0.4, -0.2) is 15.0 Å². The number of nitrogens with zero attached hydrogens (tertiary/aromatic N) is 4. The maximum Gasteiger partial charge on any atom is 0.0956 e. The molecule has 0 amide bonds. The maximum atomic E-state index is 5.01. The fourth-order valence-corrected chi connectivity index (χ4v) is 5.86. The van der Waals surface area contributed by atoms with Crippen LogP contribution in [0.5, 0.6) is 0 Å². The van der Waals surface area contributed by atoms with Gasteiger partial charge in [0, 0.05) is 50.9 Å². The summed E-state index contributed by atoms with van der Waals surface area (Å²) in [6, 6.07) is 46.3. The van der Waals surface area contributed by atoms with Gasteiger partial charge in [-0.1, -0.05) is 72.8 Å². The van der Waals surface area contributed by atoms with Crippen molar-refractivity contribution in [1.82, 2.24) is 15.0 Å². The second kappa shape index (κ2) is 9.54. The molecule has 0 spiro atoms. The number of hydrogen-bond donors (Lipinski definition) is 0. The van der Waals surface area contributed by atoms with Crippen LogP contribution in [0.25, 0.3) is 54.7 Å². The van der Waals surface area contributed by atoms with Crippen molar-refractivity contribution >= 4 is 60.7 Å². The normalized spacial score (nSPS) is 11.4. The summed E-state index contributed by atoms with van der Waals surface area (Å²) in [6.45, 7) is 0. The van der Waals surface area contributed by atoms with Gasteiger partial charge in [-0.05, 0) is 66.2 Å². The summed E-state index contributed by atoms with van der Waals surface area (Å²) in [7, 11) is 0. The molecular weight excluding hydrogens is 500 g/mol. The van der Waals surface area contributed by atoms with Crippen LogP contribution >= 0.6 is 0 Å². The average molecular weight is 525 g/mol. The van der Waals surface area contributed by atoms with E-state index in [1.165, 1.54) is 0 Å². The Morgan fingerprint density at radius 1 is 0.463 bits per heavy atom. The predicted octanol–water partition coefficient (Wildman–Crippen LogP) is 9.62. The van der Waals surface area contributed by atoms with Gasteiger partial charge in [-0.15, -0.1) is 0 Å². The number of hydrogen-bond acceptors (Lipinski definition) is 4. The van der Waals surface area contributed by atoms with Crippen molar-refractivity contribution in [3.8, 4) is 11.1 Å². The Labute approximate surface area is 237 Å². The van der Waals surface area contributed by atoms with Gasteiger partial charge in [-0.2, -0.15) is 0 Å². The van der Waals surface area contributed by atoms with Crippen LogP contribution in [-0.2, 0) is 0 Å². The van der Waals surface area contributed by atoms with E-state index in [0.29, 0.717) is 0 Å². The van der Waals surface area contributed by atoms with Gasteiger partial charge in [0.1, 0.15) is 0 Å². The summed E-state index contributed by atoms with van der Waals surface area (Å²) in [4.78, 5) is 17.2. The highest BCUT2D eigenvalue weighted by Crippen LogP contribution is 2.46. The van der Waals surface area contributed by atoms with Crippen molar-refractivity contribution in [2.75, 3.05) is 4.90 Å². The lowest BCUT2D eigenvalue weighted by atomic mass is 9.94. The van der Waals surface area contributed by atoms with E-state index in [-0.39, 0.29) is 0 Å². The van der Waals surface area contributed by atoms with E-state index in [9.17, 15) is 0 Å². The largest absolute Gasteiger partial charge is 0.308 e. The second-order valence-corrected chi connectivity index (χ2v) is 10.1. The Morgan fingerprint density at radius 2 is 1.15 bits per heavy atom. The highest BCUT2D eigenvalue weighted by Gasteiger charge is 2.23. The van der Waals surface area contributed by atoms with Crippen LogP contribution in [0.2, 0.25) is 0 Å². The van der Waals surface area contributed by atoms with Gasteiger partial charge < -0.3 is 4.90 Å². The Balaban J connectivity index is 1.47. The minimum absolute atomic E-state index is 0.924. The Kier molecular flexibility index (Phi) is 5.42. The minimum Gasteiger partial charge on any atom is -0.308 e. The van der Waals surface area contributed by atoms with Gasteiger partial charge in [0.15, 0.2) is 0 Å². The molecule has 8 rings (SSSR count). The van der Waals surface area contributed by atoms with Gasteiger partial charge in [0.2, 0.25) is 0 Å². The van der Waals surface area contributed by atoms with Crippen LogP contribution in [0.1, 0.15) is 0 Å². The molecule has 0 radical (unpaired) electrons. The highest BCUT2D eigenvalue weighted by molar-refractivity contribution is 6.20. The summed E-state index contributed by atoms with van der Waals surface area (Å²) in [5, 5.41) is 4.31. The van der Waals surface area contributed by atoms with Gasteiger partial charge in [0.05, 0.1) is 27.8 Å². The highest BCUT2D eigenvalue weighted by atomic mass is 15.2. The van der Waals surface area contributed by atoms with Crippen molar-refractivity contribution in [2.24, 2.45) is 0 Å². The molecule has 0 saturated heterocycles. The fourth-order valence-electron chi connectivity index (χ4n) is 5.86. The first-order chi connectivity index (χ1) is 20.3. The van der Waals surface area contributed by atoms with Gasteiger partial charge in [-0.3, -0.25) is 9.97 Å². The van der Waals surface area contributed by atoms with E-state index in [4.69, 9.17) is 15.0 Å². The Bertz CT molecular complexity index is 2150. The SMILES string of the molecule is c1ccc(-c2c3cccnc3c(N(c3ccccc3)c3ccc4nc5ccccc5cc4c3)c3cccnc23)cc1. The van der Waals surface area contributed by atoms with E-state index < -0.39 is 0 Å². The molecule has 0 aliphatic heterocycles. The Morgan fingerprint density at radius 3 is 1.98 bits per heavy atom. The number of fused-ring (bicyclic) bond motifs is 4. The van der Waals surface area contributed by atoms with E-state index in [0.717, 1.165) is 71.8 Å². The first-order valence-electron chi connectivity index (χ1n) is 13.7. The summed E-state index contributed by atoms with van der Waals surface area (Å²) in [6.07, 6.45) is 3.75. The summed E-state index contributed by atoms with van der Waals surface area (Å²) in [5.41, 5.74) is 9.13. The Hall–Kier alpha value is -5.61. The molecule has 0 unspecified atom stereocenters. The van der Waals surface area contributed by atoms with Crippen molar-refractivity contribution in [3.05, 3.63) is 146 Å². The van der Waals surface area contributed by atoms with Crippen LogP contribution in [0.3, 0.4) is 0 Å². The third kappa shape index (κ3) is 3.88. The quantitative estimate of drug-likeness (QED) is 0.215.